The molecule has 1 aliphatic heterocycles. The van der Waals surface area contributed by atoms with Crippen LogP contribution < -0.4 is 15.0 Å². The monoisotopic (exact) mass is 363 g/mol. The minimum atomic E-state index is -0.415. The highest BCUT2D eigenvalue weighted by Crippen LogP contribution is 2.33. The van der Waals surface area contributed by atoms with E-state index in [1.807, 2.05) is 31.2 Å². The van der Waals surface area contributed by atoms with Crippen molar-refractivity contribution in [2.24, 2.45) is 5.92 Å². The van der Waals surface area contributed by atoms with Gasteiger partial charge in [-0.25, -0.2) is 0 Å². The fourth-order valence-corrected chi connectivity index (χ4v) is 3.21. The molecule has 0 aliphatic carbocycles. The van der Waals surface area contributed by atoms with Gasteiger partial charge in [0.25, 0.3) is 0 Å². The van der Waals surface area contributed by atoms with Gasteiger partial charge in [0.1, 0.15) is 5.75 Å². The zero-order chi connectivity index (χ0) is 19.4. The zero-order valence-corrected chi connectivity index (χ0v) is 15.4. The van der Waals surface area contributed by atoms with Crippen molar-refractivity contribution in [3.8, 4) is 11.8 Å². The van der Waals surface area contributed by atoms with Gasteiger partial charge in [-0.3, -0.25) is 9.59 Å². The molecule has 6 nitrogen and oxygen atoms in total. The minimum Gasteiger partial charge on any atom is -0.495 e. The quantitative estimate of drug-likeness (QED) is 0.885. The van der Waals surface area contributed by atoms with E-state index in [1.54, 1.807) is 30.2 Å². The van der Waals surface area contributed by atoms with Crippen LogP contribution in [0.25, 0.3) is 0 Å². The molecule has 2 aromatic rings. The number of nitrogens with zero attached hydrogens (tertiary/aromatic N) is 2. The van der Waals surface area contributed by atoms with Crippen LogP contribution in [0.1, 0.15) is 23.1 Å². The van der Waals surface area contributed by atoms with Crippen LogP contribution in [0.5, 0.6) is 5.75 Å². The summed E-state index contributed by atoms with van der Waals surface area (Å²) >= 11 is 0. The van der Waals surface area contributed by atoms with Crippen LogP contribution in [-0.4, -0.2) is 25.5 Å². The Balaban J connectivity index is 1.67. The summed E-state index contributed by atoms with van der Waals surface area (Å²) in [5, 5.41) is 11.8. The average molecular weight is 363 g/mol. The lowest BCUT2D eigenvalue weighted by molar-refractivity contribution is -0.126. The number of carbonyl (C=O) groups is 2. The second-order valence-corrected chi connectivity index (χ2v) is 6.61. The van der Waals surface area contributed by atoms with E-state index in [4.69, 9.17) is 10.00 Å². The summed E-state index contributed by atoms with van der Waals surface area (Å²) < 4.78 is 5.36. The van der Waals surface area contributed by atoms with Crippen LogP contribution in [0.15, 0.2) is 42.5 Å². The summed E-state index contributed by atoms with van der Waals surface area (Å²) in [7, 11) is 1.56. The normalized spacial score (nSPS) is 16.1. The average Bonchev–Trinajstić information content (AvgIpc) is 3.07. The SMILES string of the molecule is COc1ccc(C)cc1N1CC(C(=O)NCc2cccc(C#N)c2)CC1=O. The molecule has 1 N–H and O–H groups in total. The number of nitrogens with one attached hydrogen (secondary N) is 1. The highest BCUT2D eigenvalue weighted by molar-refractivity contribution is 6.01. The van der Waals surface area contributed by atoms with E-state index in [1.165, 1.54) is 0 Å². The van der Waals surface area contributed by atoms with Crippen molar-refractivity contribution in [2.75, 3.05) is 18.6 Å². The molecule has 1 saturated heterocycles. The van der Waals surface area contributed by atoms with Crippen LogP contribution >= 0.6 is 0 Å². The van der Waals surface area contributed by atoms with Crippen LogP contribution in [0.2, 0.25) is 0 Å². The lowest BCUT2D eigenvalue weighted by Crippen LogP contribution is -2.32. The van der Waals surface area contributed by atoms with Gasteiger partial charge in [-0.1, -0.05) is 18.2 Å². The Hall–Kier alpha value is -3.33. The van der Waals surface area contributed by atoms with Crippen molar-refractivity contribution in [1.29, 1.82) is 5.26 Å². The number of nitriles is 1. The molecule has 0 radical (unpaired) electrons. The van der Waals surface area contributed by atoms with E-state index in [9.17, 15) is 9.59 Å². The summed E-state index contributed by atoms with van der Waals surface area (Å²) in [6.07, 6.45) is 0.168. The smallest absolute Gasteiger partial charge is 0.227 e. The number of rotatable bonds is 5. The van der Waals surface area contributed by atoms with Gasteiger partial charge >= 0.3 is 0 Å². The van der Waals surface area contributed by atoms with Crippen LogP contribution in [-0.2, 0) is 16.1 Å². The second kappa shape index (κ2) is 7.92. The molecular weight excluding hydrogens is 342 g/mol. The van der Waals surface area contributed by atoms with E-state index in [-0.39, 0.29) is 18.2 Å². The maximum absolute atomic E-state index is 12.5. The van der Waals surface area contributed by atoms with E-state index in [0.29, 0.717) is 30.1 Å². The first-order chi connectivity index (χ1) is 13.0. The number of hydrogen-bond donors (Lipinski definition) is 1. The van der Waals surface area contributed by atoms with E-state index in [2.05, 4.69) is 11.4 Å². The predicted molar refractivity (Wildman–Crippen MR) is 101 cm³/mol. The predicted octanol–water partition coefficient (Wildman–Crippen LogP) is 2.54. The summed E-state index contributed by atoms with van der Waals surface area (Å²) in [5.74, 6) is -0.0597. The first kappa shape index (κ1) is 18.5. The molecule has 1 atom stereocenters. The van der Waals surface area contributed by atoms with Gasteiger partial charge in [0.2, 0.25) is 11.8 Å². The Morgan fingerprint density at radius 2 is 2.15 bits per heavy atom. The number of amides is 2. The summed E-state index contributed by atoms with van der Waals surface area (Å²) in [4.78, 5) is 26.6. The molecule has 0 saturated carbocycles. The maximum atomic E-state index is 12.5. The van der Waals surface area contributed by atoms with Crippen molar-refractivity contribution < 1.29 is 14.3 Å². The number of benzene rings is 2. The fraction of sp³-hybridized carbons (Fsp3) is 0.286. The number of carbonyl (C=O) groups excluding carboxylic acids is 2. The van der Waals surface area contributed by atoms with Gasteiger partial charge < -0.3 is 15.0 Å². The zero-order valence-electron chi connectivity index (χ0n) is 15.4. The Bertz CT molecular complexity index is 917. The Kier molecular flexibility index (Phi) is 5.41. The third-order valence-electron chi connectivity index (χ3n) is 4.64. The van der Waals surface area contributed by atoms with Crippen LogP contribution in [0.3, 0.4) is 0 Å². The van der Waals surface area contributed by atoms with Crippen molar-refractivity contribution in [3.05, 3.63) is 59.2 Å². The molecule has 27 heavy (non-hydrogen) atoms. The molecule has 0 aromatic heterocycles. The van der Waals surface area contributed by atoms with Crippen molar-refractivity contribution in [3.63, 3.8) is 0 Å². The van der Waals surface area contributed by atoms with Gasteiger partial charge in [0.05, 0.1) is 30.3 Å². The first-order valence-corrected chi connectivity index (χ1v) is 8.73. The molecule has 1 unspecified atom stereocenters. The van der Waals surface area contributed by atoms with Gasteiger partial charge in [0, 0.05) is 19.5 Å². The molecule has 138 valence electrons. The van der Waals surface area contributed by atoms with Gasteiger partial charge in [-0.2, -0.15) is 5.26 Å². The van der Waals surface area contributed by atoms with E-state index < -0.39 is 5.92 Å². The molecule has 3 rings (SSSR count). The Morgan fingerprint density at radius 3 is 2.89 bits per heavy atom. The number of anilines is 1. The molecule has 1 aliphatic rings. The van der Waals surface area contributed by atoms with E-state index >= 15 is 0 Å². The topological polar surface area (TPSA) is 82.4 Å². The molecule has 0 bridgehead atoms. The second-order valence-electron chi connectivity index (χ2n) is 6.61. The lowest BCUT2D eigenvalue weighted by atomic mass is 10.1. The molecule has 6 heteroatoms. The fourth-order valence-electron chi connectivity index (χ4n) is 3.21. The number of ether oxygens (including phenoxy) is 1. The molecule has 1 heterocycles. The maximum Gasteiger partial charge on any atom is 0.227 e. The summed E-state index contributed by atoms with van der Waals surface area (Å²) in [6, 6.07) is 14.8. The molecule has 2 amide bonds. The van der Waals surface area contributed by atoms with Gasteiger partial charge in [-0.15, -0.1) is 0 Å². The van der Waals surface area contributed by atoms with Crippen LogP contribution in [0.4, 0.5) is 5.69 Å². The van der Waals surface area contributed by atoms with E-state index in [0.717, 1.165) is 11.1 Å². The number of aryl methyl sites for hydroxylation is 1. The van der Waals surface area contributed by atoms with Crippen molar-refractivity contribution in [2.45, 2.75) is 19.9 Å². The third-order valence-corrected chi connectivity index (χ3v) is 4.64. The van der Waals surface area contributed by atoms with Crippen molar-refractivity contribution in [1.82, 2.24) is 5.32 Å². The highest BCUT2D eigenvalue weighted by atomic mass is 16.5. The molecule has 2 aromatic carbocycles. The molecule has 0 spiro atoms. The number of methoxy groups -OCH3 is 1. The minimum absolute atomic E-state index is 0.0921. The summed E-state index contributed by atoms with van der Waals surface area (Å²) in [6.45, 7) is 2.60. The number of hydrogen-bond acceptors (Lipinski definition) is 4. The Labute approximate surface area is 158 Å². The standard InChI is InChI=1S/C21H21N3O3/c1-14-6-7-19(27-2)18(8-14)24-13-17(10-20(24)25)21(26)23-12-16-5-3-4-15(9-16)11-22/h3-9,17H,10,12-13H2,1-2H3,(H,23,26). The van der Waals surface area contributed by atoms with Crippen LogP contribution in [0, 0.1) is 24.2 Å². The van der Waals surface area contributed by atoms with Gasteiger partial charge in [0.15, 0.2) is 0 Å². The highest BCUT2D eigenvalue weighted by Gasteiger charge is 2.36. The van der Waals surface area contributed by atoms with Crippen molar-refractivity contribution >= 4 is 17.5 Å². The largest absolute Gasteiger partial charge is 0.495 e. The lowest BCUT2D eigenvalue weighted by Gasteiger charge is -2.20. The molecule has 1 fully saturated rings. The Morgan fingerprint density at radius 1 is 1.33 bits per heavy atom. The summed E-state index contributed by atoms with van der Waals surface area (Å²) in [5.41, 5.74) is 3.11. The third kappa shape index (κ3) is 4.09. The van der Waals surface area contributed by atoms with Gasteiger partial charge in [-0.05, 0) is 42.3 Å². The first-order valence-electron chi connectivity index (χ1n) is 8.73. The molecular formula is C21H21N3O3.